The molecule has 0 bridgehead atoms. The van der Waals surface area contributed by atoms with Crippen LogP contribution in [-0.2, 0) is 6.54 Å². The van der Waals surface area contributed by atoms with E-state index in [4.69, 9.17) is 17.3 Å². The van der Waals surface area contributed by atoms with E-state index in [0.29, 0.717) is 6.54 Å². The van der Waals surface area contributed by atoms with Crippen molar-refractivity contribution in [2.75, 3.05) is 11.9 Å². The summed E-state index contributed by atoms with van der Waals surface area (Å²) in [4.78, 5) is 2.27. The highest BCUT2D eigenvalue weighted by Crippen LogP contribution is 2.31. The zero-order valence-electron chi connectivity index (χ0n) is 12.2. The Morgan fingerprint density at radius 1 is 1.20 bits per heavy atom. The molecule has 2 rings (SSSR count). The van der Waals surface area contributed by atoms with Crippen LogP contribution in [-0.4, -0.2) is 7.05 Å². The molecule has 3 heteroatoms. The van der Waals surface area contributed by atoms with Gasteiger partial charge in [0, 0.05) is 24.3 Å². The molecule has 1 atom stereocenters. The Balaban J connectivity index is 2.38. The van der Waals surface area contributed by atoms with Gasteiger partial charge in [-0.25, -0.2) is 0 Å². The molecule has 0 radical (unpaired) electrons. The van der Waals surface area contributed by atoms with E-state index in [-0.39, 0.29) is 6.04 Å². The van der Waals surface area contributed by atoms with E-state index in [1.807, 2.05) is 18.2 Å². The summed E-state index contributed by atoms with van der Waals surface area (Å²) in [5, 5.41) is 0.770. The molecule has 0 saturated carbocycles. The van der Waals surface area contributed by atoms with Gasteiger partial charge in [0.05, 0.1) is 6.04 Å². The minimum atomic E-state index is 0.236. The van der Waals surface area contributed by atoms with Crippen molar-refractivity contribution >= 4 is 17.3 Å². The number of nitrogens with zero attached hydrogens (tertiary/aromatic N) is 1. The number of rotatable bonds is 4. The molecule has 1 unspecified atom stereocenters. The smallest absolute Gasteiger partial charge is 0.0511 e. The van der Waals surface area contributed by atoms with E-state index >= 15 is 0 Å². The predicted molar refractivity (Wildman–Crippen MR) is 87.3 cm³/mol. The molecule has 0 aliphatic rings. The fourth-order valence-electron chi connectivity index (χ4n) is 2.57. The summed E-state index contributed by atoms with van der Waals surface area (Å²) >= 11 is 6.09. The van der Waals surface area contributed by atoms with Crippen LogP contribution in [0.5, 0.6) is 0 Å². The molecule has 0 aliphatic heterocycles. The average molecular weight is 289 g/mol. The average Bonchev–Trinajstić information content (AvgIpc) is 2.45. The lowest BCUT2D eigenvalue weighted by atomic mass is 10.0. The first kappa shape index (κ1) is 14.9. The molecular formula is C17H21ClN2. The van der Waals surface area contributed by atoms with Gasteiger partial charge < -0.3 is 10.6 Å². The van der Waals surface area contributed by atoms with Crippen LogP contribution in [0.3, 0.4) is 0 Å². The molecule has 2 nitrogen and oxygen atoms in total. The molecule has 2 N–H and O–H groups in total. The van der Waals surface area contributed by atoms with Crippen molar-refractivity contribution in [2.24, 2.45) is 5.73 Å². The fraction of sp³-hybridized carbons (Fsp3) is 0.294. The molecular weight excluding hydrogens is 268 g/mol. The van der Waals surface area contributed by atoms with Gasteiger partial charge in [0.25, 0.3) is 0 Å². The highest BCUT2D eigenvalue weighted by atomic mass is 35.5. The number of benzene rings is 2. The van der Waals surface area contributed by atoms with Gasteiger partial charge in [-0.2, -0.15) is 0 Å². The third-order valence-electron chi connectivity index (χ3n) is 3.81. The zero-order chi connectivity index (χ0) is 14.7. The zero-order valence-corrected chi connectivity index (χ0v) is 13.0. The minimum absolute atomic E-state index is 0.236. The molecule has 20 heavy (non-hydrogen) atoms. The third kappa shape index (κ3) is 2.97. The van der Waals surface area contributed by atoms with Gasteiger partial charge in [-0.15, -0.1) is 0 Å². The van der Waals surface area contributed by atoms with Crippen molar-refractivity contribution in [3.05, 3.63) is 64.2 Å². The van der Waals surface area contributed by atoms with E-state index in [0.717, 1.165) is 5.02 Å². The topological polar surface area (TPSA) is 29.3 Å². The fourth-order valence-corrected chi connectivity index (χ4v) is 2.77. The molecule has 0 aliphatic carbocycles. The Morgan fingerprint density at radius 3 is 2.55 bits per heavy atom. The van der Waals surface area contributed by atoms with Crippen LogP contribution >= 0.6 is 11.6 Å². The number of halogens is 1. The van der Waals surface area contributed by atoms with Crippen LogP contribution in [0.15, 0.2) is 42.5 Å². The number of aryl methyl sites for hydroxylation is 1. The van der Waals surface area contributed by atoms with Gasteiger partial charge in [-0.05, 0) is 42.7 Å². The summed E-state index contributed by atoms with van der Waals surface area (Å²) in [5.74, 6) is 0. The molecule has 0 saturated heterocycles. The molecule has 2 aromatic carbocycles. The van der Waals surface area contributed by atoms with E-state index in [2.05, 4.69) is 50.1 Å². The van der Waals surface area contributed by atoms with Crippen LogP contribution < -0.4 is 10.6 Å². The molecule has 0 amide bonds. The Bertz CT molecular complexity index is 595. The van der Waals surface area contributed by atoms with Gasteiger partial charge in [0.15, 0.2) is 0 Å². The maximum Gasteiger partial charge on any atom is 0.0511 e. The van der Waals surface area contributed by atoms with Gasteiger partial charge in [-0.1, -0.05) is 41.9 Å². The summed E-state index contributed by atoms with van der Waals surface area (Å²) in [6.07, 6.45) is 0. The standard InChI is InChI=1S/C17H21ClN2/c1-12-6-4-8-15(11-19)17(12)20(3)13(2)14-7-5-9-16(18)10-14/h4-10,13H,11,19H2,1-3H3. The lowest BCUT2D eigenvalue weighted by molar-refractivity contribution is 0.732. The Morgan fingerprint density at radius 2 is 1.90 bits per heavy atom. The maximum absolute atomic E-state index is 6.09. The molecule has 0 spiro atoms. The SMILES string of the molecule is Cc1cccc(CN)c1N(C)C(C)c1cccc(Cl)c1. The molecule has 2 aromatic rings. The largest absolute Gasteiger partial charge is 0.367 e. The lowest BCUT2D eigenvalue weighted by Crippen LogP contribution is -2.24. The van der Waals surface area contributed by atoms with Gasteiger partial charge in [0.2, 0.25) is 0 Å². The van der Waals surface area contributed by atoms with Crippen molar-refractivity contribution < 1.29 is 0 Å². The molecule has 0 aromatic heterocycles. The summed E-state index contributed by atoms with van der Waals surface area (Å²) < 4.78 is 0. The van der Waals surface area contributed by atoms with Gasteiger partial charge >= 0.3 is 0 Å². The van der Waals surface area contributed by atoms with Crippen molar-refractivity contribution in [2.45, 2.75) is 26.4 Å². The van der Waals surface area contributed by atoms with Crippen LogP contribution in [0, 0.1) is 6.92 Å². The summed E-state index contributed by atoms with van der Waals surface area (Å²) in [6, 6.07) is 14.5. The van der Waals surface area contributed by atoms with Gasteiger partial charge in [-0.3, -0.25) is 0 Å². The Hall–Kier alpha value is -1.51. The molecule has 0 fully saturated rings. The summed E-state index contributed by atoms with van der Waals surface area (Å²) in [7, 11) is 2.10. The second-order valence-corrected chi connectivity index (χ2v) is 5.57. The lowest BCUT2D eigenvalue weighted by Gasteiger charge is -2.31. The number of nitrogens with two attached hydrogens (primary N) is 1. The first-order chi connectivity index (χ1) is 9.54. The Labute approximate surface area is 126 Å². The normalized spacial score (nSPS) is 12.2. The van der Waals surface area contributed by atoms with Crippen LogP contribution in [0.4, 0.5) is 5.69 Å². The van der Waals surface area contributed by atoms with Crippen molar-refractivity contribution in [3.63, 3.8) is 0 Å². The highest BCUT2D eigenvalue weighted by molar-refractivity contribution is 6.30. The number of hydrogen-bond donors (Lipinski definition) is 1. The first-order valence-corrected chi connectivity index (χ1v) is 7.19. The number of para-hydroxylation sites is 1. The van der Waals surface area contributed by atoms with Crippen LogP contribution in [0.25, 0.3) is 0 Å². The van der Waals surface area contributed by atoms with Gasteiger partial charge in [0.1, 0.15) is 0 Å². The summed E-state index contributed by atoms with van der Waals surface area (Å²) in [6.45, 7) is 4.84. The Kier molecular flexibility index (Phi) is 4.69. The minimum Gasteiger partial charge on any atom is -0.367 e. The third-order valence-corrected chi connectivity index (χ3v) is 4.04. The van der Waals surface area contributed by atoms with Crippen molar-refractivity contribution in [3.8, 4) is 0 Å². The molecule has 106 valence electrons. The molecule has 0 heterocycles. The quantitative estimate of drug-likeness (QED) is 0.908. The highest BCUT2D eigenvalue weighted by Gasteiger charge is 2.16. The van der Waals surface area contributed by atoms with Crippen molar-refractivity contribution in [1.29, 1.82) is 0 Å². The maximum atomic E-state index is 6.09. The second kappa shape index (κ2) is 6.29. The monoisotopic (exact) mass is 288 g/mol. The van der Waals surface area contributed by atoms with E-state index in [1.165, 1.54) is 22.4 Å². The van der Waals surface area contributed by atoms with E-state index < -0.39 is 0 Å². The summed E-state index contributed by atoms with van der Waals surface area (Å²) in [5.41, 5.74) is 10.7. The second-order valence-electron chi connectivity index (χ2n) is 5.13. The van der Waals surface area contributed by atoms with E-state index in [1.54, 1.807) is 0 Å². The van der Waals surface area contributed by atoms with Crippen molar-refractivity contribution in [1.82, 2.24) is 0 Å². The van der Waals surface area contributed by atoms with Crippen LogP contribution in [0.2, 0.25) is 5.02 Å². The predicted octanol–water partition coefficient (Wildman–Crippen LogP) is 4.30. The van der Waals surface area contributed by atoms with E-state index in [9.17, 15) is 0 Å². The first-order valence-electron chi connectivity index (χ1n) is 6.81. The number of hydrogen-bond acceptors (Lipinski definition) is 2. The van der Waals surface area contributed by atoms with Crippen LogP contribution in [0.1, 0.15) is 29.7 Å². The number of anilines is 1.